The molecule has 1 aliphatic rings. The van der Waals surface area contributed by atoms with Crippen LogP contribution in [0.2, 0.25) is 0 Å². The topological polar surface area (TPSA) is 45.1 Å². The van der Waals surface area contributed by atoms with Gasteiger partial charge in [0, 0.05) is 21.2 Å². The summed E-state index contributed by atoms with van der Waals surface area (Å²) in [6, 6.07) is 17.6. The van der Waals surface area contributed by atoms with Crippen molar-refractivity contribution in [1.82, 2.24) is 4.98 Å². The largest absolute Gasteiger partial charge is 0.508 e. The lowest BCUT2D eigenvalue weighted by Gasteiger charge is -2.09. The molecule has 1 aliphatic heterocycles. The highest BCUT2D eigenvalue weighted by molar-refractivity contribution is 8.08. The van der Waals surface area contributed by atoms with Crippen molar-refractivity contribution in [2.24, 2.45) is 0 Å². The zero-order chi connectivity index (χ0) is 16.4. The third-order valence-electron chi connectivity index (χ3n) is 3.83. The van der Waals surface area contributed by atoms with Gasteiger partial charge in [-0.05, 0) is 36.2 Å². The number of hydrogen-bond acceptors (Lipinski definition) is 5. The molecule has 2 aromatic carbocycles. The first-order chi connectivity index (χ1) is 11.8. The van der Waals surface area contributed by atoms with Crippen molar-refractivity contribution >= 4 is 38.8 Å². The number of benzene rings is 2. The predicted octanol–water partition coefficient (Wildman–Crippen LogP) is 5.81. The highest BCUT2D eigenvalue weighted by Crippen LogP contribution is 2.48. The number of hydrogen-bond donors (Lipinski definition) is 2. The number of aromatic hydroxyl groups is 1. The summed E-state index contributed by atoms with van der Waals surface area (Å²) >= 11 is 3.48. The predicted molar refractivity (Wildman–Crippen MR) is 103 cm³/mol. The lowest BCUT2D eigenvalue weighted by molar-refractivity contribution is 0.475. The summed E-state index contributed by atoms with van der Waals surface area (Å²) in [5.74, 6) is 0.264. The van der Waals surface area contributed by atoms with Gasteiger partial charge in [-0.25, -0.2) is 4.98 Å². The Kier molecular flexibility index (Phi) is 4.28. The van der Waals surface area contributed by atoms with E-state index in [0.717, 1.165) is 22.9 Å². The van der Waals surface area contributed by atoms with E-state index in [2.05, 4.69) is 47.1 Å². The second kappa shape index (κ2) is 6.71. The van der Waals surface area contributed by atoms with Crippen LogP contribution in [0.4, 0.5) is 10.8 Å². The number of nitrogens with zero attached hydrogens (tertiary/aromatic N) is 1. The zero-order valence-electron chi connectivity index (χ0n) is 12.8. The molecule has 4 rings (SSSR count). The molecular weight excluding hydrogens is 336 g/mol. The molecule has 0 radical (unpaired) electrons. The quantitative estimate of drug-likeness (QED) is 0.582. The highest BCUT2D eigenvalue weighted by Gasteiger charge is 2.22. The van der Waals surface area contributed by atoms with Gasteiger partial charge in [0.1, 0.15) is 5.75 Å². The van der Waals surface area contributed by atoms with E-state index >= 15 is 0 Å². The van der Waals surface area contributed by atoms with Crippen LogP contribution >= 0.6 is 23.1 Å². The molecule has 0 bridgehead atoms. The van der Waals surface area contributed by atoms with E-state index in [9.17, 15) is 5.11 Å². The van der Waals surface area contributed by atoms with Gasteiger partial charge in [-0.1, -0.05) is 36.4 Å². The maximum Gasteiger partial charge on any atom is 0.187 e. The number of allylic oxidation sites excluding steroid dienone is 1. The van der Waals surface area contributed by atoms with E-state index in [4.69, 9.17) is 4.98 Å². The van der Waals surface area contributed by atoms with Gasteiger partial charge in [0.25, 0.3) is 0 Å². The summed E-state index contributed by atoms with van der Waals surface area (Å²) in [4.78, 5) is 5.94. The Balaban J connectivity index is 1.45. The summed E-state index contributed by atoms with van der Waals surface area (Å²) in [7, 11) is 0. The molecule has 0 amide bonds. The fraction of sp³-hybridized carbons (Fsp3) is 0.105. The first kappa shape index (κ1) is 15.3. The number of rotatable bonds is 4. The number of anilines is 2. The molecule has 2 N–H and O–H groups in total. The summed E-state index contributed by atoms with van der Waals surface area (Å²) in [6.45, 7) is 0. The molecule has 24 heavy (non-hydrogen) atoms. The lowest BCUT2D eigenvalue weighted by Crippen LogP contribution is -1.89. The first-order valence-corrected chi connectivity index (χ1v) is 9.47. The maximum atomic E-state index is 9.34. The van der Waals surface area contributed by atoms with Gasteiger partial charge >= 0.3 is 0 Å². The van der Waals surface area contributed by atoms with Crippen molar-refractivity contribution in [2.75, 3.05) is 5.32 Å². The molecule has 5 heteroatoms. The first-order valence-electron chi connectivity index (χ1n) is 7.72. The highest BCUT2D eigenvalue weighted by atomic mass is 32.2. The van der Waals surface area contributed by atoms with Gasteiger partial charge in [0.15, 0.2) is 5.13 Å². The third kappa shape index (κ3) is 3.32. The van der Waals surface area contributed by atoms with E-state index in [0.29, 0.717) is 5.25 Å². The van der Waals surface area contributed by atoms with E-state index in [1.165, 1.54) is 10.5 Å². The van der Waals surface area contributed by atoms with Crippen LogP contribution in [0.25, 0.3) is 4.91 Å². The molecule has 0 saturated heterocycles. The smallest absolute Gasteiger partial charge is 0.187 e. The minimum absolute atomic E-state index is 0.264. The van der Waals surface area contributed by atoms with Crippen molar-refractivity contribution in [3.8, 4) is 5.75 Å². The third-order valence-corrected chi connectivity index (χ3v) is 5.97. The fourth-order valence-electron chi connectivity index (χ4n) is 2.61. The van der Waals surface area contributed by atoms with E-state index in [1.54, 1.807) is 23.5 Å². The number of thioether (sulfide) groups is 1. The second-order valence-corrected chi connectivity index (χ2v) is 7.63. The molecule has 1 unspecified atom stereocenters. The lowest BCUT2D eigenvalue weighted by atomic mass is 10.1. The Morgan fingerprint density at radius 2 is 1.83 bits per heavy atom. The summed E-state index contributed by atoms with van der Waals surface area (Å²) in [5.41, 5.74) is 3.32. The van der Waals surface area contributed by atoms with Gasteiger partial charge < -0.3 is 10.4 Å². The van der Waals surface area contributed by atoms with Gasteiger partial charge in [-0.2, -0.15) is 0 Å². The van der Waals surface area contributed by atoms with Crippen LogP contribution in [-0.4, -0.2) is 10.1 Å². The van der Waals surface area contributed by atoms with Crippen LogP contribution in [0.15, 0.2) is 66.1 Å². The fourth-order valence-corrected chi connectivity index (χ4v) is 4.63. The number of phenolic OH excluding ortho intramolecular Hbond substituents is 1. The number of aromatic nitrogens is 1. The van der Waals surface area contributed by atoms with Crippen molar-refractivity contribution in [3.63, 3.8) is 0 Å². The SMILES string of the molecule is Oc1ccc(Nc2nc(C3=CCC(c4ccccc4)S3)cs2)cc1. The molecule has 0 fully saturated rings. The van der Waals surface area contributed by atoms with Crippen LogP contribution in [0.5, 0.6) is 5.75 Å². The van der Waals surface area contributed by atoms with E-state index in [1.807, 2.05) is 23.9 Å². The Labute approximate surface area is 149 Å². The molecule has 0 aliphatic carbocycles. The normalized spacial score (nSPS) is 16.8. The Hall–Kier alpha value is -2.24. The van der Waals surface area contributed by atoms with Crippen molar-refractivity contribution in [3.05, 3.63) is 77.3 Å². The molecular formula is C19H16N2OS2. The molecule has 3 aromatic rings. The van der Waals surface area contributed by atoms with Gasteiger partial charge in [-0.15, -0.1) is 23.1 Å². The van der Waals surface area contributed by atoms with Crippen LogP contribution in [0.3, 0.4) is 0 Å². The summed E-state index contributed by atoms with van der Waals surface area (Å²) < 4.78 is 0. The molecule has 120 valence electrons. The van der Waals surface area contributed by atoms with Gasteiger partial charge in [-0.3, -0.25) is 0 Å². The maximum absolute atomic E-state index is 9.34. The molecule has 0 saturated carbocycles. The average molecular weight is 352 g/mol. The van der Waals surface area contributed by atoms with Gasteiger partial charge in [0.2, 0.25) is 0 Å². The average Bonchev–Trinajstić information content (AvgIpc) is 3.27. The van der Waals surface area contributed by atoms with Crippen LogP contribution < -0.4 is 5.32 Å². The van der Waals surface area contributed by atoms with E-state index < -0.39 is 0 Å². The second-order valence-electron chi connectivity index (χ2n) is 5.53. The molecule has 0 spiro atoms. The zero-order valence-corrected chi connectivity index (χ0v) is 14.5. The van der Waals surface area contributed by atoms with Crippen LogP contribution in [0, 0.1) is 0 Å². The monoisotopic (exact) mass is 352 g/mol. The standard InChI is InChI=1S/C19H16N2OS2/c22-15-8-6-14(7-9-15)20-19-21-16(12-23-19)18-11-10-17(24-18)13-4-2-1-3-5-13/h1-9,11-12,17,22H,10H2,(H,20,21). The number of nitrogens with one attached hydrogen (secondary N) is 1. The molecule has 1 atom stereocenters. The molecule has 1 aromatic heterocycles. The minimum Gasteiger partial charge on any atom is -0.508 e. The Morgan fingerprint density at radius 1 is 1.04 bits per heavy atom. The van der Waals surface area contributed by atoms with Crippen molar-refractivity contribution < 1.29 is 5.11 Å². The molecule has 3 nitrogen and oxygen atoms in total. The van der Waals surface area contributed by atoms with E-state index in [-0.39, 0.29) is 5.75 Å². The van der Waals surface area contributed by atoms with Gasteiger partial charge in [0.05, 0.1) is 5.69 Å². The summed E-state index contributed by atoms with van der Waals surface area (Å²) in [6.07, 6.45) is 3.32. The van der Waals surface area contributed by atoms with Crippen molar-refractivity contribution in [1.29, 1.82) is 0 Å². The van der Waals surface area contributed by atoms with Crippen LogP contribution in [0.1, 0.15) is 22.9 Å². The van der Waals surface area contributed by atoms with Crippen LogP contribution in [-0.2, 0) is 0 Å². The summed E-state index contributed by atoms with van der Waals surface area (Å²) in [5, 5.41) is 16.1. The Bertz CT molecular complexity index is 857. The Morgan fingerprint density at radius 3 is 2.62 bits per heavy atom. The number of thiazole rings is 1. The van der Waals surface area contributed by atoms with Crippen molar-refractivity contribution in [2.45, 2.75) is 11.7 Å². The number of phenols is 1. The minimum atomic E-state index is 0.264. The molecule has 2 heterocycles.